The van der Waals surface area contributed by atoms with Gasteiger partial charge in [-0.05, 0) is 60.5 Å². The Morgan fingerprint density at radius 3 is 2.56 bits per heavy atom. The van der Waals surface area contributed by atoms with E-state index in [2.05, 4.69) is 36.0 Å². The topological polar surface area (TPSA) is 83.5 Å². The standard InChI is InChI=1S/C26H26F2N6O2/c1-17-15-33(24-22-13-19(14-23(22)30-16-31-24)18-7-9-29-10-8-18)11-12-34(17)25(35)32-20-3-5-21(6-4-20)36-26(2,27)28/h3-10,13,16-17H,11-12,14-15H2,1-2H3,(H,32,35)/t17-/m0/s1. The maximum Gasteiger partial charge on any atom is 0.394 e. The number of anilines is 2. The molecule has 1 N–H and O–H groups in total. The summed E-state index contributed by atoms with van der Waals surface area (Å²) in [6.07, 6.45) is 4.79. The number of halogens is 2. The minimum atomic E-state index is -3.26. The van der Waals surface area contributed by atoms with Crippen LogP contribution in [0.5, 0.6) is 5.75 Å². The fourth-order valence-electron chi connectivity index (χ4n) is 4.58. The molecular formula is C26H26F2N6O2. The molecule has 1 aromatic carbocycles. The van der Waals surface area contributed by atoms with Gasteiger partial charge < -0.3 is 19.9 Å². The highest BCUT2D eigenvalue weighted by Crippen LogP contribution is 2.35. The number of aromatic nitrogens is 3. The molecule has 0 saturated carbocycles. The molecule has 1 fully saturated rings. The van der Waals surface area contributed by atoms with Crippen molar-refractivity contribution in [1.82, 2.24) is 19.9 Å². The lowest BCUT2D eigenvalue weighted by Gasteiger charge is -2.40. The van der Waals surface area contributed by atoms with Crippen molar-refractivity contribution in [1.29, 1.82) is 0 Å². The van der Waals surface area contributed by atoms with Crippen LogP contribution < -0.4 is 15.0 Å². The number of piperazine rings is 1. The van der Waals surface area contributed by atoms with Crippen molar-refractivity contribution in [3.63, 3.8) is 0 Å². The normalized spacial score (nSPS) is 17.4. The lowest BCUT2D eigenvalue weighted by Crippen LogP contribution is -2.55. The maximum atomic E-state index is 13.0. The second kappa shape index (κ2) is 9.52. The summed E-state index contributed by atoms with van der Waals surface area (Å²) >= 11 is 0. The summed E-state index contributed by atoms with van der Waals surface area (Å²) < 4.78 is 30.6. The summed E-state index contributed by atoms with van der Waals surface area (Å²) in [4.78, 5) is 30.1. The first-order valence-corrected chi connectivity index (χ1v) is 11.7. The van der Waals surface area contributed by atoms with Gasteiger partial charge in [-0.15, -0.1) is 0 Å². The Kier molecular flexibility index (Phi) is 6.26. The highest BCUT2D eigenvalue weighted by atomic mass is 19.3. The van der Waals surface area contributed by atoms with Crippen molar-refractivity contribution in [2.24, 2.45) is 0 Å². The van der Waals surface area contributed by atoms with E-state index in [9.17, 15) is 13.6 Å². The number of urea groups is 1. The lowest BCUT2D eigenvalue weighted by molar-refractivity contribution is -0.158. The zero-order chi connectivity index (χ0) is 25.3. The largest absolute Gasteiger partial charge is 0.433 e. The molecule has 2 aromatic heterocycles. The second-order valence-electron chi connectivity index (χ2n) is 8.99. The van der Waals surface area contributed by atoms with Gasteiger partial charge in [0.2, 0.25) is 0 Å². The highest BCUT2D eigenvalue weighted by Gasteiger charge is 2.31. The quantitative estimate of drug-likeness (QED) is 0.556. The van der Waals surface area contributed by atoms with Gasteiger partial charge in [-0.1, -0.05) is 0 Å². The number of ether oxygens (including phenoxy) is 1. The number of nitrogens with one attached hydrogen (secondary N) is 1. The molecule has 1 aliphatic carbocycles. The van der Waals surface area contributed by atoms with Gasteiger partial charge in [-0.2, -0.15) is 8.78 Å². The van der Waals surface area contributed by atoms with E-state index in [4.69, 9.17) is 0 Å². The van der Waals surface area contributed by atoms with Crippen molar-refractivity contribution in [2.45, 2.75) is 32.4 Å². The van der Waals surface area contributed by atoms with E-state index in [0.29, 0.717) is 32.2 Å². The summed E-state index contributed by atoms with van der Waals surface area (Å²) in [5, 5.41) is 2.84. The molecular weight excluding hydrogens is 466 g/mol. The summed E-state index contributed by atoms with van der Waals surface area (Å²) in [5.74, 6) is 0.903. The smallest absolute Gasteiger partial charge is 0.394 e. The first-order valence-electron chi connectivity index (χ1n) is 11.7. The molecule has 0 radical (unpaired) electrons. The third-order valence-electron chi connectivity index (χ3n) is 6.26. The van der Waals surface area contributed by atoms with Crippen LogP contribution in [0.4, 0.5) is 25.1 Å². The van der Waals surface area contributed by atoms with Crippen LogP contribution >= 0.6 is 0 Å². The number of amides is 2. The number of alkyl halides is 2. The van der Waals surface area contributed by atoms with Gasteiger partial charge in [0.05, 0.1) is 5.69 Å². The predicted molar refractivity (Wildman–Crippen MR) is 133 cm³/mol. The molecule has 36 heavy (non-hydrogen) atoms. The van der Waals surface area contributed by atoms with Crippen LogP contribution in [0.15, 0.2) is 55.1 Å². The van der Waals surface area contributed by atoms with E-state index < -0.39 is 6.11 Å². The Bertz CT molecular complexity index is 1280. The molecule has 2 amide bonds. The zero-order valence-electron chi connectivity index (χ0n) is 20.0. The van der Waals surface area contributed by atoms with Crippen molar-refractivity contribution < 1.29 is 18.3 Å². The molecule has 10 heteroatoms. The van der Waals surface area contributed by atoms with Crippen molar-refractivity contribution in [3.8, 4) is 5.75 Å². The van der Waals surface area contributed by atoms with Gasteiger partial charge >= 0.3 is 12.1 Å². The highest BCUT2D eigenvalue weighted by molar-refractivity contribution is 5.91. The van der Waals surface area contributed by atoms with Gasteiger partial charge in [0.1, 0.15) is 17.9 Å². The Morgan fingerprint density at radius 2 is 1.86 bits per heavy atom. The number of rotatable bonds is 5. The monoisotopic (exact) mass is 492 g/mol. The van der Waals surface area contributed by atoms with Crippen molar-refractivity contribution in [2.75, 3.05) is 29.9 Å². The molecule has 1 saturated heterocycles. The van der Waals surface area contributed by atoms with Crippen molar-refractivity contribution >= 4 is 29.2 Å². The number of hydrogen-bond acceptors (Lipinski definition) is 6. The number of hydrogen-bond donors (Lipinski definition) is 1. The van der Waals surface area contributed by atoms with Gasteiger partial charge in [0, 0.05) is 62.7 Å². The van der Waals surface area contributed by atoms with Crippen LogP contribution in [0.3, 0.4) is 0 Å². The number of carbonyl (C=O) groups excluding carboxylic acids is 1. The Balaban J connectivity index is 1.24. The Labute approximate surface area is 207 Å². The molecule has 1 aliphatic heterocycles. The minimum Gasteiger partial charge on any atom is -0.433 e. The van der Waals surface area contributed by atoms with Gasteiger partial charge in [-0.25, -0.2) is 14.8 Å². The number of allylic oxidation sites excluding steroid dienone is 1. The average molecular weight is 493 g/mol. The van der Waals surface area contributed by atoms with Crippen LogP contribution in [0, 0.1) is 0 Å². The second-order valence-corrected chi connectivity index (χ2v) is 8.99. The molecule has 186 valence electrons. The Hall–Kier alpha value is -4.08. The van der Waals surface area contributed by atoms with E-state index in [1.54, 1.807) is 23.6 Å². The lowest BCUT2D eigenvalue weighted by atomic mass is 10.1. The molecule has 5 rings (SSSR count). The molecule has 8 nitrogen and oxygen atoms in total. The SMILES string of the molecule is C[C@H]1CN(c2ncnc3c2C=C(c2ccncc2)C3)CCN1C(=O)Nc1ccc(OC(C)(F)F)cc1. The molecule has 2 aliphatic rings. The number of nitrogens with zero attached hydrogens (tertiary/aromatic N) is 5. The summed E-state index contributed by atoms with van der Waals surface area (Å²) in [5.41, 5.74) is 4.82. The zero-order valence-corrected chi connectivity index (χ0v) is 20.0. The third-order valence-corrected chi connectivity index (χ3v) is 6.26. The van der Waals surface area contributed by atoms with Crippen LogP contribution in [0.25, 0.3) is 11.6 Å². The van der Waals surface area contributed by atoms with Crippen LogP contribution in [-0.2, 0) is 6.42 Å². The molecule has 1 atom stereocenters. The number of benzene rings is 1. The summed E-state index contributed by atoms with van der Waals surface area (Å²) in [7, 11) is 0. The molecule has 0 bridgehead atoms. The molecule has 0 unspecified atom stereocenters. The average Bonchev–Trinajstić information content (AvgIpc) is 3.29. The summed E-state index contributed by atoms with van der Waals surface area (Å²) in [6, 6.07) is 9.54. The maximum absolute atomic E-state index is 13.0. The number of carbonyl (C=O) groups is 1. The van der Waals surface area contributed by atoms with Gasteiger partial charge in [0.15, 0.2) is 0 Å². The van der Waals surface area contributed by atoms with Gasteiger partial charge in [-0.3, -0.25) is 4.98 Å². The Morgan fingerprint density at radius 1 is 1.11 bits per heavy atom. The molecule has 3 aromatic rings. The third kappa shape index (κ3) is 5.12. The number of pyridine rings is 1. The van der Waals surface area contributed by atoms with E-state index in [-0.39, 0.29) is 17.8 Å². The van der Waals surface area contributed by atoms with E-state index >= 15 is 0 Å². The molecule has 0 spiro atoms. The van der Waals surface area contributed by atoms with E-state index in [0.717, 1.165) is 29.1 Å². The van der Waals surface area contributed by atoms with Gasteiger partial charge in [0.25, 0.3) is 0 Å². The summed E-state index contributed by atoms with van der Waals surface area (Å²) in [6.45, 7) is 4.42. The fourth-order valence-corrected chi connectivity index (χ4v) is 4.58. The van der Waals surface area contributed by atoms with Crippen LogP contribution in [-0.4, -0.2) is 57.7 Å². The first-order chi connectivity index (χ1) is 17.3. The van der Waals surface area contributed by atoms with E-state index in [1.807, 2.05) is 19.1 Å². The van der Waals surface area contributed by atoms with Crippen LogP contribution in [0.1, 0.15) is 30.7 Å². The first kappa shape index (κ1) is 23.7. The minimum absolute atomic E-state index is 0.0287. The molecule has 3 heterocycles. The van der Waals surface area contributed by atoms with Crippen LogP contribution in [0.2, 0.25) is 0 Å². The fraction of sp³-hybridized carbons (Fsp3) is 0.308. The predicted octanol–water partition coefficient (Wildman–Crippen LogP) is 4.70. The van der Waals surface area contributed by atoms with E-state index in [1.165, 1.54) is 29.8 Å². The number of fused-ring (bicyclic) bond motifs is 1. The van der Waals surface area contributed by atoms with Crippen molar-refractivity contribution in [3.05, 3.63) is 71.9 Å².